The first-order valence-corrected chi connectivity index (χ1v) is 7.66. The van der Waals surface area contributed by atoms with E-state index in [1.165, 1.54) is 0 Å². The summed E-state index contributed by atoms with van der Waals surface area (Å²) in [5.74, 6) is 1.06. The Balaban J connectivity index is 1.78. The minimum absolute atomic E-state index is 0.992. The normalized spacial score (nSPS) is 15.4. The van der Waals surface area contributed by atoms with E-state index in [1.54, 1.807) is 0 Å². The molecule has 0 atom stereocenters. The van der Waals surface area contributed by atoms with Gasteiger partial charge in [-0.05, 0) is 24.3 Å². The number of hydrogen-bond acceptors (Lipinski definition) is 4. The average molecular weight is 293 g/mol. The molecule has 4 heterocycles. The van der Waals surface area contributed by atoms with E-state index in [4.69, 9.17) is 4.98 Å². The van der Waals surface area contributed by atoms with E-state index >= 15 is 0 Å². The van der Waals surface area contributed by atoms with Gasteiger partial charge in [0.2, 0.25) is 0 Å². The fourth-order valence-corrected chi connectivity index (χ4v) is 3.03. The molecule has 1 fully saturated rings. The average Bonchev–Trinajstić information content (AvgIpc) is 2.97. The van der Waals surface area contributed by atoms with Crippen LogP contribution in [0.2, 0.25) is 0 Å². The molecule has 22 heavy (non-hydrogen) atoms. The third-order valence-corrected chi connectivity index (χ3v) is 4.22. The number of pyridine rings is 2. The van der Waals surface area contributed by atoms with Crippen LogP contribution < -0.4 is 10.2 Å². The van der Waals surface area contributed by atoms with Crippen molar-refractivity contribution >= 4 is 16.9 Å². The maximum Gasteiger partial charge on any atom is 0.140 e. The Hall–Kier alpha value is -2.40. The van der Waals surface area contributed by atoms with E-state index in [0.717, 1.165) is 54.3 Å². The molecular weight excluding hydrogens is 274 g/mol. The van der Waals surface area contributed by atoms with Gasteiger partial charge in [-0.2, -0.15) is 0 Å². The van der Waals surface area contributed by atoms with Crippen LogP contribution in [0.25, 0.3) is 22.3 Å². The topological polar surface area (TPSA) is 46.0 Å². The van der Waals surface area contributed by atoms with Crippen molar-refractivity contribution in [1.82, 2.24) is 19.9 Å². The van der Waals surface area contributed by atoms with Crippen LogP contribution in [0.5, 0.6) is 0 Å². The van der Waals surface area contributed by atoms with Crippen molar-refractivity contribution in [3.05, 3.63) is 42.7 Å². The summed E-state index contributed by atoms with van der Waals surface area (Å²) < 4.78 is 2.04. The Labute approximate surface area is 129 Å². The first-order chi connectivity index (χ1) is 10.8. The second-order valence-corrected chi connectivity index (χ2v) is 5.64. The zero-order valence-corrected chi connectivity index (χ0v) is 12.7. The molecule has 0 bridgehead atoms. The van der Waals surface area contributed by atoms with Crippen molar-refractivity contribution in [2.45, 2.75) is 0 Å². The summed E-state index contributed by atoms with van der Waals surface area (Å²) in [7, 11) is 2.02. The molecule has 3 aromatic rings. The van der Waals surface area contributed by atoms with Crippen LogP contribution in [0.15, 0.2) is 42.7 Å². The van der Waals surface area contributed by atoms with Crippen LogP contribution in [-0.4, -0.2) is 40.7 Å². The molecule has 0 unspecified atom stereocenters. The zero-order chi connectivity index (χ0) is 14.9. The van der Waals surface area contributed by atoms with Crippen LogP contribution in [0.1, 0.15) is 0 Å². The number of aromatic nitrogens is 3. The van der Waals surface area contributed by atoms with E-state index in [2.05, 4.69) is 39.5 Å². The standard InChI is InChI=1S/C17H19N5/c1-21-10-6-14-13(5-7-19-17(14)21)15-3-2-4-16(20-15)22-11-8-18-9-12-22/h2-7,10,18H,8-9,11-12H2,1H3. The molecule has 0 saturated carbocycles. The summed E-state index contributed by atoms with van der Waals surface area (Å²) in [6.45, 7) is 4.05. The largest absolute Gasteiger partial charge is 0.354 e. The SMILES string of the molecule is Cn1ccc2c(-c3cccc(N4CCNCC4)n3)ccnc21. The van der Waals surface area contributed by atoms with Gasteiger partial charge in [0.25, 0.3) is 0 Å². The van der Waals surface area contributed by atoms with Gasteiger partial charge in [0.05, 0.1) is 5.69 Å². The zero-order valence-electron chi connectivity index (χ0n) is 12.7. The molecule has 0 aliphatic carbocycles. The highest BCUT2D eigenvalue weighted by Gasteiger charge is 2.13. The quantitative estimate of drug-likeness (QED) is 0.785. The number of aryl methyl sites for hydroxylation is 1. The van der Waals surface area contributed by atoms with Gasteiger partial charge in [-0.15, -0.1) is 0 Å². The summed E-state index contributed by atoms with van der Waals surface area (Å²) >= 11 is 0. The summed E-state index contributed by atoms with van der Waals surface area (Å²) in [6, 6.07) is 10.4. The molecule has 1 aliphatic heterocycles. The summed E-state index contributed by atoms with van der Waals surface area (Å²) in [5, 5.41) is 4.53. The highest BCUT2D eigenvalue weighted by atomic mass is 15.2. The van der Waals surface area contributed by atoms with E-state index < -0.39 is 0 Å². The summed E-state index contributed by atoms with van der Waals surface area (Å²) in [4.78, 5) is 11.7. The molecule has 0 amide bonds. The molecular formula is C17H19N5. The van der Waals surface area contributed by atoms with Gasteiger partial charge in [0.15, 0.2) is 0 Å². The number of nitrogens with one attached hydrogen (secondary N) is 1. The first kappa shape index (κ1) is 13.3. The Morgan fingerprint density at radius 2 is 1.95 bits per heavy atom. The van der Waals surface area contributed by atoms with Crippen LogP contribution in [0.4, 0.5) is 5.82 Å². The lowest BCUT2D eigenvalue weighted by Crippen LogP contribution is -2.43. The number of rotatable bonds is 2. The summed E-state index contributed by atoms with van der Waals surface area (Å²) in [6.07, 6.45) is 3.90. The van der Waals surface area contributed by atoms with Crippen LogP contribution in [-0.2, 0) is 7.05 Å². The minimum Gasteiger partial charge on any atom is -0.354 e. The Morgan fingerprint density at radius 3 is 2.82 bits per heavy atom. The number of nitrogens with zero attached hydrogens (tertiary/aromatic N) is 4. The van der Waals surface area contributed by atoms with E-state index in [1.807, 2.05) is 30.1 Å². The smallest absolute Gasteiger partial charge is 0.140 e. The lowest BCUT2D eigenvalue weighted by molar-refractivity contribution is 0.585. The van der Waals surface area contributed by atoms with E-state index in [-0.39, 0.29) is 0 Å². The van der Waals surface area contributed by atoms with Crippen molar-refractivity contribution in [1.29, 1.82) is 0 Å². The van der Waals surface area contributed by atoms with Gasteiger partial charge < -0.3 is 14.8 Å². The van der Waals surface area contributed by atoms with Crippen LogP contribution in [0.3, 0.4) is 0 Å². The van der Waals surface area contributed by atoms with Crippen LogP contribution in [0, 0.1) is 0 Å². The summed E-state index contributed by atoms with van der Waals surface area (Å²) in [5.41, 5.74) is 3.14. The highest BCUT2D eigenvalue weighted by Crippen LogP contribution is 2.27. The maximum atomic E-state index is 4.89. The van der Waals surface area contributed by atoms with E-state index in [0.29, 0.717) is 0 Å². The second kappa shape index (κ2) is 5.42. The third kappa shape index (κ3) is 2.23. The fourth-order valence-electron chi connectivity index (χ4n) is 3.03. The monoisotopic (exact) mass is 293 g/mol. The molecule has 1 aliphatic rings. The lowest BCUT2D eigenvalue weighted by Gasteiger charge is -2.28. The van der Waals surface area contributed by atoms with Crippen molar-refractivity contribution < 1.29 is 0 Å². The maximum absolute atomic E-state index is 4.89. The van der Waals surface area contributed by atoms with Crippen molar-refractivity contribution in [3.63, 3.8) is 0 Å². The van der Waals surface area contributed by atoms with Gasteiger partial charge in [-0.1, -0.05) is 6.07 Å². The molecule has 0 spiro atoms. The molecule has 4 rings (SSSR count). The predicted molar refractivity (Wildman–Crippen MR) is 89.0 cm³/mol. The van der Waals surface area contributed by atoms with E-state index in [9.17, 15) is 0 Å². The molecule has 0 aromatic carbocycles. The molecule has 112 valence electrons. The fraction of sp³-hybridized carbons (Fsp3) is 0.294. The van der Waals surface area contributed by atoms with Gasteiger partial charge in [-0.25, -0.2) is 9.97 Å². The Kier molecular flexibility index (Phi) is 3.27. The molecule has 3 aromatic heterocycles. The molecule has 5 nitrogen and oxygen atoms in total. The lowest BCUT2D eigenvalue weighted by atomic mass is 10.1. The van der Waals surface area contributed by atoms with Crippen molar-refractivity contribution in [2.75, 3.05) is 31.1 Å². The van der Waals surface area contributed by atoms with Gasteiger partial charge in [-0.3, -0.25) is 0 Å². The second-order valence-electron chi connectivity index (χ2n) is 5.64. The number of anilines is 1. The van der Waals surface area contributed by atoms with Gasteiger partial charge >= 0.3 is 0 Å². The minimum atomic E-state index is 0.992. The molecule has 1 saturated heterocycles. The molecule has 5 heteroatoms. The molecule has 0 radical (unpaired) electrons. The van der Waals surface area contributed by atoms with Gasteiger partial charge in [0.1, 0.15) is 11.5 Å². The number of fused-ring (bicyclic) bond motifs is 1. The van der Waals surface area contributed by atoms with Crippen LogP contribution >= 0.6 is 0 Å². The Morgan fingerprint density at radius 1 is 1.09 bits per heavy atom. The predicted octanol–water partition coefficient (Wildman–Crippen LogP) is 2.04. The van der Waals surface area contributed by atoms with Crippen molar-refractivity contribution in [2.24, 2.45) is 7.05 Å². The van der Waals surface area contributed by atoms with Gasteiger partial charge in [0, 0.05) is 56.6 Å². The Bertz CT molecular complexity index is 802. The third-order valence-electron chi connectivity index (χ3n) is 4.22. The van der Waals surface area contributed by atoms with Crippen molar-refractivity contribution in [3.8, 4) is 11.3 Å². The highest BCUT2D eigenvalue weighted by molar-refractivity contribution is 5.92. The number of piperazine rings is 1. The number of hydrogen-bond donors (Lipinski definition) is 1. The molecule has 1 N–H and O–H groups in total. The first-order valence-electron chi connectivity index (χ1n) is 7.66.